The zero-order valence-electron chi connectivity index (χ0n) is 7.89. The Morgan fingerprint density at radius 2 is 1.91 bits per heavy atom. The summed E-state index contributed by atoms with van der Waals surface area (Å²) in [4.78, 5) is 11.1. The van der Waals surface area contributed by atoms with Gasteiger partial charge in [-0.3, -0.25) is 4.79 Å². The van der Waals surface area contributed by atoms with E-state index in [1.54, 1.807) is 0 Å². The number of hydrogen-bond acceptors (Lipinski definition) is 2. The molecule has 0 saturated heterocycles. The van der Waals surface area contributed by atoms with Gasteiger partial charge >= 0.3 is 5.97 Å². The van der Waals surface area contributed by atoms with Gasteiger partial charge < -0.3 is 4.74 Å². The second-order valence-corrected chi connectivity index (χ2v) is 3.18. The number of carbonyl (C=O) groups is 1. The van der Waals surface area contributed by atoms with Crippen molar-refractivity contribution in [2.75, 3.05) is 0 Å². The Morgan fingerprint density at radius 3 is 2.27 bits per heavy atom. The van der Waals surface area contributed by atoms with E-state index < -0.39 is 0 Å². The Hall–Kier alpha value is -0.530. The van der Waals surface area contributed by atoms with Crippen LogP contribution in [0.4, 0.5) is 0 Å². The lowest BCUT2D eigenvalue weighted by Gasteiger charge is -2.12. The van der Waals surface area contributed by atoms with Crippen molar-refractivity contribution in [2.24, 2.45) is 5.92 Å². The SMILES string of the molecule is CCC[C@H](C)C(=O)OC(C)C. The molecule has 2 heteroatoms. The fraction of sp³-hybridized carbons (Fsp3) is 0.889. The highest BCUT2D eigenvalue weighted by molar-refractivity contribution is 5.72. The number of rotatable bonds is 4. The van der Waals surface area contributed by atoms with Crippen molar-refractivity contribution in [2.45, 2.75) is 46.6 Å². The molecular formula is C9H18O2. The van der Waals surface area contributed by atoms with Crippen LogP contribution in [0.1, 0.15) is 40.5 Å². The zero-order chi connectivity index (χ0) is 8.85. The van der Waals surface area contributed by atoms with Crippen LogP contribution in [0, 0.1) is 5.92 Å². The van der Waals surface area contributed by atoms with E-state index in [1.807, 2.05) is 20.8 Å². The third kappa shape index (κ3) is 4.82. The Morgan fingerprint density at radius 1 is 1.36 bits per heavy atom. The lowest BCUT2D eigenvalue weighted by atomic mass is 10.1. The number of hydrogen-bond donors (Lipinski definition) is 0. The normalized spacial score (nSPS) is 13.2. The first-order valence-electron chi connectivity index (χ1n) is 4.28. The summed E-state index contributed by atoms with van der Waals surface area (Å²) in [7, 11) is 0. The molecule has 0 heterocycles. The van der Waals surface area contributed by atoms with Gasteiger partial charge in [0.15, 0.2) is 0 Å². The second-order valence-electron chi connectivity index (χ2n) is 3.18. The molecule has 0 aliphatic carbocycles. The third-order valence-electron chi connectivity index (χ3n) is 1.48. The summed E-state index contributed by atoms with van der Waals surface area (Å²) in [6.07, 6.45) is 1.97. The molecule has 0 saturated carbocycles. The molecule has 66 valence electrons. The van der Waals surface area contributed by atoms with Crippen LogP contribution in [-0.2, 0) is 9.53 Å². The van der Waals surface area contributed by atoms with Gasteiger partial charge in [0.05, 0.1) is 12.0 Å². The monoisotopic (exact) mass is 158 g/mol. The first kappa shape index (κ1) is 10.5. The van der Waals surface area contributed by atoms with Gasteiger partial charge in [0.25, 0.3) is 0 Å². The van der Waals surface area contributed by atoms with Crippen molar-refractivity contribution in [1.29, 1.82) is 0 Å². The van der Waals surface area contributed by atoms with Crippen LogP contribution in [0.2, 0.25) is 0 Å². The molecule has 0 unspecified atom stereocenters. The third-order valence-corrected chi connectivity index (χ3v) is 1.48. The molecule has 2 nitrogen and oxygen atoms in total. The maximum atomic E-state index is 11.1. The molecule has 0 bridgehead atoms. The van der Waals surface area contributed by atoms with Crippen LogP contribution in [0.15, 0.2) is 0 Å². The first-order chi connectivity index (χ1) is 5.07. The molecular weight excluding hydrogens is 140 g/mol. The van der Waals surface area contributed by atoms with Crippen molar-refractivity contribution >= 4 is 5.97 Å². The minimum absolute atomic E-state index is 0.0156. The molecule has 0 rings (SSSR count). The van der Waals surface area contributed by atoms with E-state index >= 15 is 0 Å². The maximum absolute atomic E-state index is 11.1. The van der Waals surface area contributed by atoms with Gasteiger partial charge in [-0.15, -0.1) is 0 Å². The summed E-state index contributed by atoms with van der Waals surface area (Å²) in [5.41, 5.74) is 0. The smallest absolute Gasteiger partial charge is 0.308 e. The largest absolute Gasteiger partial charge is 0.463 e. The highest BCUT2D eigenvalue weighted by Crippen LogP contribution is 2.08. The fourth-order valence-corrected chi connectivity index (χ4v) is 0.899. The van der Waals surface area contributed by atoms with E-state index in [0.717, 1.165) is 12.8 Å². The lowest BCUT2D eigenvalue weighted by molar-refractivity contribution is -0.152. The summed E-state index contributed by atoms with van der Waals surface area (Å²) in [5.74, 6) is -0.00995. The average molecular weight is 158 g/mol. The summed E-state index contributed by atoms with van der Waals surface area (Å²) < 4.78 is 5.03. The molecule has 0 amide bonds. The molecule has 0 radical (unpaired) electrons. The quantitative estimate of drug-likeness (QED) is 0.587. The van der Waals surface area contributed by atoms with Crippen molar-refractivity contribution in [3.8, 4) is 0 Å². The molecule has 0 N–H and O–H groups in total. The van der Waals surface area contributed by atoms with Gasteiger partial charge in [-0.25, -0.2) is 0 Å². The summed E-state index contributed by atoms with van der Waals surface area (Å²) >= 11 is 0. The Kier molecular flexibility index (Phi) is 4.92. The van der Waals surface area contributed by atoms with Gasteiger partial charge in [0, 0.05) is 0 Å². The molecule has 11 heavy (non-hydrogen) atoms. The van der Waals surface area contributed by atoms with Crippen LogP contribution in [0.25, 0.3) is 0 Å². The minimum atomic E-state index is -0.0677. The first-order valence-corrected chi connectivity index (χ1v) is 4.28. The minimum Gasteiger partial charge on any atom is -0.463 e. The Bertz CT molecular complexity index is 119. The second kappa shape index (κ2) is 5.16. The van der Waals surface area contributed by atoms with E-state index in [-0.39, 0.29) is 18.0 Å². The standard InChI is InChI=1S/C9H18O2/c1-5-6-8(4)9(10)11-7(2)3/h7-8H,5-6H2,1-4H3/t8-/m0/s1. The zero-order valence-corrected chi connectivity index (χ0v) is 7.89. The molecule has 0 aromatic rings. The summed E-state index contributed by atoms with van der Waals surface area (Å²) in [6.45, 7) is 7.72. The van der Waals surface area contributed by atoms with Crippen molar-refractivity contribution in [3.63, 3.8) is 0 Å². The van der Waals surface area contributed by atoms with Crippen LogP contribution in [-0.4, -0.2) is 12.1 Å². The molecule has 0 aliphatic heterocycles. The van der Waals surface area contributed by atoms with E-state index in [9.17, 15) is 4.79 Å². The molecule has 1 atom stereocenters. The number of carbonyl (C=O) groups excluding carboxylic acids is 1. The molecule has 0 aliphatic rings. The fourth-order valence-electron chi connectivity index (χ4n) is 0.899. The molecule has 0 aromatic carbocycles. The molecule has 0 spiro atoms. The van der Waals surface area contributed by atoms with Gasteiger partial charge in [-0.2, -0.15) is 0 Å². The maximum Gasteiger partial charge on any atom is 0.308 e. The predicted molar refractivity (Wildman–Crippen MR) is 45.3 cm³/mol. The van der Waals surface area contributed by atoms with Gasteiger partial charge in [-0.05, 0) is 20.3 Å². The predicted octanol–water partition coefficient (Wildman–Crippen LogP) is 2.37. The van der Waals surface area contributed by atoms with Crippen LogP contribution in [0.5, 0.6) is 0 Å². The van der Waals surface area contributed by atoms with E-state index in [1.165, 1.54) is 0 Å². The van der Waals surface area contributed by atoms with E-state index in [2.05, 4.69) is 6.92 Å². The van der Waals surface area contributed by atoms with Gasteiger partial charge in [0.2, 0.25) is 0 Å². The Labute approximate surface area is 68.9 Å². The van der Waals surface area contributed by atoms with Gasteiger partial charge in [-0.1, -0.05) is 20.3 Å². The molecule has 0 aromatic heterocycles. The van der Waals surface area contributed by atoms with E-state index in [0.29, 0.717) is 0 Å². The van der Waals surface area contributed by atoms with Crippen LogP contribution >= 0.6 is 0 Å². The average Bonchev–Trinajstić information content (AvgIpc) is 1.86. The Balaban J connectivity index is 3.64. The van der Waals surface area contributed by atoms with E-state index in [4.69, 9.17) is 4.74 Å². The number of esters is 1. The molecule has 0 fully saturated rings. The van der Waals surface area contributed by atoms with Crippen LogP contribution in [0.3, 0.4) is 0 Å². The summed E-state index contributed by atoms with van der Waals surface area (Å²) in [5, 5.41) is 0. The topological polar surface area (TPSA) is 26.3 Å². The van der Waals surface area contributed by atoms with Crippen molar-refractivity contribution in [1.82, 2.24) is 0 Å². The highest BCUT2D eigenvalue weighted by Gasteiger charge is 2.13. The van der Waals surface area contributed by atoms with Gasteiger partial charge in [0.1, 0.15) is 0 Å². The van der Waals surface area contributed by atoms with Crippen LogP contribution < -0.4 is 0 Å². The van der Waals surface area contributed by atoms with Crippen molar-refractivity contribution < 1.29 is 9.53 Å². The summed E-state index contributed by atoms with van der Waals surface area (Å²) in [6, 6.07) is 0. The number of ether oxygens (including phenoxy) is 1. The highest BCUT2D eigenvalue weighted by atomic mass is 16.5. The van der Waals surface area contributed by atoms with Crippen molar-refractivity contribution in [3.05, 3.63) is 0 Å². The lowest BCUT2D eigenvalue weighted by Crippen LogP contribution is -2.18.